The van der Waals surface area contributed by atoms with E-state index in [4.69, 9.17) is 22.3 Å². The summed E-state index contributed by atoms with van der Waals surface area (Å²) in [6, 6.07) is 3.98. The van der Waals surface area contributed by atoms with Gasteiger partial charge in [-0.25, -0.2) is 8.42 Å². The molecule has 1 amide bonds. The predicted molar refractivity (Wildman–Crippen MR) is 74.1 cm³/mol. The van der Waals surface area contributed by atoms with Crippen LogP contribution >= 0.6 is 22.3 Å². The molecule has 2 unspecified atom stereocenters. The molecule has 0 aromatic heterocycles. The van der Waals surface area contributed by atoms with Crippen LogP contribution in [0.3, 0.4) is 0 Å². The van der Waals surface area contributed by atoms with Gasteiger partial charge in [-0.3, -0.25) is 4.79 Å². The average molecular weight is 322 g/mol. The number of carbonyl (C=O) groups excluding carboxylic acids is 1. The summed E-state index contributed by atoms with van der Waals surface area (Å²) >= 11 is 5.92. The van der Waals surface area contributed by atoms with Gasteiger partial charge in [0.15, 0.2) is 0 Å². The first-order valence-electron chi connectivity index (χ1n) is 5.88. The number of amides is 1. The molecular formula is C12H13Cl2NO3S. The molecule has 1 fully saturated rings. The zero-order valence-corrected chi connectivity index (χ0v) is 12.5. The maximum absolute atomic E-state index is 12.0. The third-order valence-electron chi connectivity index (χ3n) is 3.23. The lowest BCUT2D eigenvalue weighted by molar-refractivity contribution is 0.0949. The fourth-order valence-corrected chi connectivity index (χ4v) is 2.93. The molecule has 19 heavy (non-hydrogen) atoms. The molecule has 0 radical (unpaired) electrons. The highest BCUT2D eigenvalue weighted by Crippen LogP contribution is 2.33. The molecule has 0 heterocycles. The second-order valence-corrected chi connectivity index (χ2v) is 7.54. The summed E-state index contributed by atoms with van der Waals surface area (Å²) in [5.74, 6) is 0.135. The highest BCUT2D eigenvalue weighted by molar-refractivity contribution is 8.13. The number of benzene rings is 1. The number of halogens is 2. The maximum atomic E-state index is 12.0. The minimum absolute atomic E-state index is 0.130. The molecule has 7 heteroatoms. The molecule has 1 aliphatic rings. The molecule has 1 N–H and O–H groups in total. The van der Waals surface area contributed by atoms with Gasteiger partial charge < -0.3 is 5.32 Å². The Hall–Kier alpha value is -0.780. The molecule has 1 aromatic rings. The first kappa shape index (κ1) is 14.6. The van der Waals surface area contributed by atoms with Crippen molar-refractivity contribution in [3.05, 3.63) is 28.8 Å². The third-order valence-corrected chi connectivity index (χ3v) is 4.91. The van der Waals surface area contributed by atoms with E-state index in [1.54, 1.807) is 0 Å². The van der Waals surface area contributed by atoms with Crippen LogP contribution in [0.5, 0.6) is 0 Å². The van der Waals surface area contributed by atoms with Crippen molar-refractivity contribution in [2.45, 2.75) is 30.7 Å². The second kappa shape index (κ2) is 5.31. The van der Waals surface area contributed by atoms with Gasteiger partial charge in [0.1, 0.15) is 0 Å². The van der Waals surface area contributed by atoms with Gasteiger partial charge >= 0.3 is 0 Å². The standard InChI is InChI=1S/C12H13Cl2NO3S/c1-2-7-5-11(7)15-12(16)9-6-8(19(14,17)18)3-4-10(9)13/h3-4,6-7,11H,2,5H2,1H3,(H,15,16). The van der Waals surface area contributed by atoms with Crippen molar-refractivity contribution in [1.29, 1.82) is 0 Å². The molecule has 2 atom stereocenters. The molecule has 1 aliphatic carbocycles. The number of hydrogen-bond donors (Lipinski definition) is 1. The van der Waals surface area contributed by atoms with Crippen LogP contribution in [-0.4, -0.2) is 20.4 Å². The van der Waals surface area contributed by atoms with Gasteiger partial charge in [-0.1, -0.05) is 24.9 Å². The van der Waals surface area contributed by atoms with Crippen molar-refractivity contribution >= 4 is 37.2 Å². The average Bonchev–Trinajstić information content (AvgIpc) is 3.06. The Balaban J connectivity index is 2.21. The number of carbonyl (C=O) groups is 1. The van der Waals surface area contributed by atoms with Crippen molar-refractivity contribution in [1.82, 2.24) is 5.32 Å². The Bertz CT molecular complexity index is 615. The van der Waals surface area contributed by atoms with Crippen LogP contribution in [0, 0.1) is 5.92 Å². The van der Waals surface area contributed by atoms with E-state index in [0.29, 0.717) is 5.92 Å². The van der Waals surface area contributed by atoms with Crippen molar-refractivity contribution < 1.29 is 13.2 Å². The largest absolute Gasteiger partial charge is 0.349 e. The van der Waals surface area contributed by atoms with E-state index in [2.05, 4.69) is 12.2 Å². The van der Waals surface area contributed by atoms with Gasteiger partial charge in [-0.15, -0.1) is 0 Å². The zero-order chi connectivity index (χ0) is 14.2. The SMILES string of the molecule is CCC1CC1NC(=O)c1cc(S(=O)(=O)Cl)ccc1Cl. The summed E-state index contributed by atoms with van der Waals surface area (Å²) in [5, 5.41) is 3.03. The van der Waals surface area contributed by atoms with Crippen LogP contribution in [-0.2, 0) is 9.05 Å². The summed E-state index contributed by atoms with van der Waals surface area (Å²) in [4.78, 5) is 11.9. The van der Waals surface area contributed by atoms with Crippen LogP contribution in [0.15, 0.2) is 23.1 Å². The Morgan fingerprint density at radius 2 is 2.16 bits per heavy atom. The van der Waals surface area contributed by atoms with E-state index < -0.39 is 9.05 Å². The molecule has 4 nitrogen and oxygen atoms in total. The van der Waals surface area contributed by atoms with E-state index in [0.717, 1.165) is 12.8 Å². The molecule has 0 spiro atoms. The molecule has 0 bridgehead atoms. The third kappa shape index (κ3) is 3.41. The predicted octanol–water partition coefficient (Wildman–Crippen LogP) is 2.80. The lowest BCUT2D eigenvalue weighted by Crippen LogP contribution is -2.27. The van der Waals surface area contributed by atoms with E-state index in [1.165, 1.54) is 18.2 Å². The molecule has 1 saturated carbocycles. The van der Waals surface area contributed by atoms with Crippen molar-refractivity contribution in [2.24, 2.45) is 5.92 Å². The molecular weight excluding hydrogens is 309 g/mol. The smallest absolute Gasteiger partial charge is 0.261 e. The van der Waals surface area contributed by atoms with Gasteiger partial charge in [-0.2, -0.15) is 0 Å². The minimum atomic E-state index is -3.87. The second-order valence-electron chi connectivity index (χ2n) is 4.56. The van der Waals surface area contributed by atoms with Crippen molar-refractivity contribution in [3.8, 4) is 0 Å². The lowest BCUT2D eigenvalue weighted by atomic mass is 10.2. The topological polar surface area (TPSA) is 63.2 Å². The van der Waals surface area contributed by atoms with E-state index in [-0.39, 0.29) is 27.4 Å². The number of nitrogens with one attached hydrogen (secondary N) is 1. The Kier molecular flexibility index (Phi) is 4.08. The summed E-state index contributed by atoms with van der Waals surface area (Å²) in [7, 11) is 1.38. The summed E-state index contributed by atoms with van der Waals surface area (Å²) < 4.78 is 22.5. The van der Waals surface area contributed by atoms with Crippen molar-refractivity contribution in [3.63, 3.8) is 0 Å². The summed E-state index contributed by atoms with van der Waals surface area (Å²) in [6.07, 6.45) is 1.96. The van der Waals surface area contributed by atoms with Crippen LogP contribution in [0.25, 0.3) is 0 Å². The van der Waals surface area contributed by atoms with Crippen LogP contribution in [0.4, 0.5) is 0 Å². The van der Waals surface area contributed by atoms with Gasteiger partial charge in [-0.05, 0) is 30.5 Å². The number of hydrogen-bond acceptors (Lipinski definition) is 3. The molecule has 0 aliphatic heterocycles. The molecule has 0 saturated heterocycles. The normalized spacial score (nSPS) is 22.1. The monoisotopic (exact) mass is 321 g/mol. The molecule has 1 aromatic carbocycles. The van der Waals surface area contributed by atoms with E-state index >= 15 is 0 Å². The highest BCUT2D eigenvalue weighted by Gasteiger charge is 2.36. The molecule has 104 valence electrons. The van der Waals surface area contributed by atoms with Gasteiger partial charge in [0, 0.05) is 16.7 Å². The fraction of sp³-hybridized carbons (Fsp3) is 0.417. The van der Waals surface area contributed by atoms with Crippen molar-refractivity contribution in [2.75, 3.05) is 0 Å². The zero-order valence-electron chi connectivity index (χ0n) is 10.2. The van der Waals surface area contributed by atoms with Gasteiger partial charge in [0.25, 0.3) is 15.0 Å². The van der Waals surface area contributed by atoms with Crippen LogP contribution < -0.4 is 5.32 Å². The van der Waals surface area contributed by atoms with Gasteiger partial charge in [0.2, 0.25) is 0 Å². The Morgan fingerprint density at radius 1 is 1.47 bits per heavy atom. The summed E-state index contributed by atoms with van der Waals surface area (Å²) in [6.45, 7) is 2.06. The van der Waals surface area contributed by atoms with E-state index in [1.807, 2.05) is 0 Å². The maximum Gasteiger partial charge on any atom is 0.261 e. The Labute approximate surface area is 121 Å². The van der Waals surface area contributed by atoms with E-state index in [9.17, 15) is 13.2 Å². The lowest BCUT2D eigenvalue weighted by Gasteiger charge is -2.07. The fourth-order valence-electron chi connectivity index (χ4n) is 1.95. The van der Waals surface area contributed by atoms with Gasteiger partial charge in [0.05, 0.1) is 15.5 Å². The summed E-state index contributed by atoms with van der Waals surface area (Å²) in [5.41, 5.74) is 0.130. The first-order chi connectivity index (χ1) is 8.82. The minimum Gasteiger partial charge on any atom is -0.349 e. The Morgan fingerprint density at radius 3 is 2.68 bits per heavy atom. The number of rotatable bonds is 4. The molecule has 2 rings (SSSR count). The highest BCUT2D eigenvalue weighted by atomic mass is 35.7. The van der Waals surface area contributed by atoms with Crippen LogP contribution in [0.2, 0.25) is 5.02 Å². The quantitative estimate of drug-likeness (QED) is 0.867. The van der Waals surface area contributed by atoms with Crippen LogP contribution in [0.1, 0.15) is 30.1 Å². The first-order valence-corrected chi connectivity index (χ1v) is 8.56.